The summed E-state index contributed by atoms with van der Waals surface area (Å²) in [6, 6.07) is 8.79. The van der Waals surface area contributed by atoms with Crippen LogP contribution in [-0.2, 0) is 19.4 Å². The molecule has 0 fully saturated rings. The fourth-order valence-corrected chi connectivity index (χ4v) is 4.09. The lowest BCUT2D eigenvalue weighted by Crippen LogP contribution is -2.25. The summed E-state index contributed by atoms with van der Waals surface area (Å²) in [4.78, 5) is 8.54. The number of nitrogens with two attached hydrogens (primary N) is 1. The minimum Gasteiger partial charge on any atom is -0.347 e. The van der Waals surface area contributed by atoms with Gasteiger partial charge in [0.05, 0.1) is 5.69 Å². The second-order valence-corrected chi connectivity index (χ2v) is 6.98. The number of thiazole rings is 1. The van der Waals surface area contributed by atoms with E-state index >= 15 is 0 Å². The zero-order valence-electron chi connectivity index (χ0n) is 12.8. The highest BCUT2D eigenvalue weighted by Crippen LogP contribution is 2.31. The van der Waals surface area contributed by atoms with Gasteiger partial charge >= 0.3 is 0 Å². The minimum atomic E-state index is 0.442. The van der Waals surface area contributed by atoms with Crippen LogP contribution < -0.4 is 10.6 Å². The molecular formula is C17H23N3S. The number of fused-ring (bicyclic) bond motifs is 1. The summed E-state index contributed by atoms with van der Waals surface area (Å²) in [7, 11) is 0. The summed E-state index contributed by atoms with van der Waals surface area (Å²) < 4.78 is 0. The lowest BCUT2D eigenvalue weighted by molar-refractivity contribution is 0.778. The van der Waals surface area contributed by atoms with Crippen molar-refractivity contribution in [2.24, 2.45) is 5.73 Å². The molecule has 1 aromatic carbocycles. The second-order valence-electron chi connectivity index (χ2n) is 5.92. The number of rotatable bonds is 3. The van der Waals surface area contributed by atoms with Gasteiger partial charge in [0.2, 0.25) is 0 Å². The first-order valence-electron chi connectivity index (χ1n) is 7.70. The van der Waals surface area contributed by atoms with Crippen LogP contribution in [0.3, 0.4) is 0 Å². The quantitative estimate of drug-likeness (QED) is 0.945. The van der Waals surface area contributed by atoms with Crippen LogP contribution in [0.15, 0.2) is 24.3 Å². The summed E-state index contributed by atoms with van der Waals surface area (Å²) in [5.74, 6) is 0.442. The zero-order chi connectivity index (χ0) is 14.8. The third-order valence-corrected chi connectivity index (χ3v) is 5.29. The van der Waals surface area contributed by atoms with Crippen molar-refractivity contribution >= 4 is 16.5 Å². The first-order chi connectivity index (χ1) is 10.2. The Morgan fingerprint density at radius 3 is 2.29 bits per heavy atom. The van der Waals surface area contributed by atoms with E-state index in [1.54, 1.807) is 11.3 Å². The Morgan fingerprint density at radius 2 is 1.81 bits per heavy atom. The number of anilines is 1. The number of hydrogen-bond acceptors (Lipinski definition) is 4. The monoisotopic (exact) mass is 301 g/mol. The molecular weight excluding hydrogens is 278 g/mol. The predicted octanol–water partition coefficient (Wildman–Crippen LogP) is 3.33. The standard InChI is InChI=1S/C17H23N3S/c1-12(2)16-15(11-18)21-17(19-16)20-9-7-13-5-3-4-6-14(13)8-10-20/h3-6,12H,7-11,18H2,1-2H3. The predicted molar refractivity (Wildman–Crippen MR) is 90.2 cm³/mol. The minimum absolute atomic E-state index is 0.442. The SMILES string of the molecule is CC(C)c1nc(N2CCc3ccccc3CC2)sc1CN. The average molecular weight is 301 g/mol. The summed E-state index contributed by atoms with van der Waals surface area (Å²) in [5.41, 5.74) is 10.0. The summed E-state index contributed by atoms with van der Waals surface area (Å²) in [5, 5.41) is 1.15. The molecule has 0 radical (unpaired) electrons. The molecule has 2 heterocycles. The van der Waals surface area contributed by atoms with E-state index in [1.165, 1.54) is 21.7 Å². The molecule has 1 aromatic heterocycles. The van der Waals surface area contributed by atoms with Gasteiger partial charge in [-0.2, -0.15) is 0 Å². The maximum atomic E-state index is 5.88. The molecule has 1 aliphatic heterocycles. The van der Waals surface area contributed by atoms with Crippen molar-refractivity contribution in [2.45, 2.75) is 39.2 Å². The van der Waals surface area contributed by atoms with Crippen molar-refractivity contribution in [1.82, 2.24) is 4.98 Å². The van der Waals surface area contributed by atoms with Crippen LogP contribution in [0.25, 0.3) is 0 Å². The molecule has 0 saturated carbocycles. The first-order valence-corrected chi connectivity index (χ1v) is 8.52. The summed E-state index contributed by atoms with van der Waals surface area (Å²) in [6.07, 6.45) is 2.20. The molecule has 3 nitrogen and oxygen atoms in total. The third kappa shape index (κ3) is 2.97. The van der Waals surface area contributed by atoms with E-state index < -0.39 is 0 Å². The highest BCUT2D eigenvalue weighted by atomic mass is 32.1. The van der Waals surface area contributed by atoms with E-state index in [0.29, 0.717) is 12.5 Å². The number of hydrogen-bond donors (Lipinski definition) is 1. The normalized spacial score (nSPS) is 15.1. The van der Waals surface area contributed by atoms with Crippen molar-refractivity contribution in [3.63, 3.8) is 0 Å². The molecule has 4 heteroatoms. The second kappa shape index (κ2) is 6.16. The molecule has 0 bridgehead atoms. The molecule has 2 N–H and O–H groups in total. The number of nitrogens with zero attached hydrogens (tertiary/aromatic N) is 2. The smallest absolute Gasteiger partial charge is 0.185 e. The van der Waals surface area contributed by atoms with Crippen LogP contribution >= 0.6 is 11.3 Å². The van der Waals surface area contributed by atoms with Crippen molar-refractivity contribution in [1.29, 1.82) is 0 Å². The first kappa shape index (κ1) is 14.5. The van der Waals surface area contributed by atoms with E-state index in [-0.39, 0.29) is 0 Å². The van der Waals surface area contributed by atoms with E-state index in [4.69, 9.17) is 10.7 Å². The Bertz CT molecular complexity index is 591. The topological polar surface area (TPSA) is 42.2 Å². The molecule has 0 unspecified atom stereocenters. The Morgan fingerprint density at radius 1 is 1.19 bits per heavy atom. The van der Waals surface area contributed by atoms with Gasteiger partial charge in [-0.1, -0.05) is 38.1 Å². The third-order valence-electron chi connectivity index (χ3n) is 4.14. The van der Waals surface area contributed by atoms with Crippen molar-refractivity contribution < 1.29 is 0 Å². The molecule has 0 aliphatic carbocycles. The molecule has 1 aliphatic rings. The summed E-state index contributed by atoms with van der Waals surface area (Å²) >= 11 is 1.77. The van der Waals surface area contributed by atoms with Gasteiger partial charge in [-0.25, -0.2) is 4.98 Å². The molecule has 0 spiro atoms. The van der Waals surface area contributed by atoms with E-state index in [9.17, 15) is 0 Å². The maximum Gasteiger partial charge on any atom is 0.185 e. The Labute approximate surface area is 130 Å². The van der Waals surface area contributed by atoms with Crippen LogP contribution in [0.1, 0.15) is 41.5 Å². The van der Waals surface area contributed by atoms with Gasteiger partial charge in [0.1, 0.15) is 0 Å². The molecule has 112 valence electrons. The largest absolute Gasteiger partial charge is 0.347 e. The van der Waals surface area contributed by atoms with E-state index in [2.05, 4.69) is 43.0 Å². The molecule has 0 amide bonds. The average Bonchev–Trinajstić information content (AvgIpc) is 2.81. The highest BCUT2D eigenvalue weighted by molar-refractivity contribution is 7.15. The lowest BCUT2D eigenvalue weighted by atomic mass is 10.0. The highest BCUT2D eigenvalue weighted by Gasteiger charge is 2.20. The number of aromatic nitrogens is 1. The molecule has 0 atom stereocenters. The Hall–Kier alpha value is -1.39. The van der Waals surface area contributed by atoms with Crippen molar-refractivity contribution in [2.75, 3.05) is 18.0 Å². The van der Waals surface area contributed by atoms with Crippen LogP contribution in [0.5, 0.6) is 0 Å². The van der Waals surface area contributed by atoms with Crippen LogP contribution in [0.4, 0.5) is 5.13 Å². The van der Waals surface area contributed by atoms with Crippen LogP contribution in [0.2, 0.25) is 0 Å². The fraction of sp³-hybridized carbons (Fsp3) is 0.471. The molecule has 3 rings (SSSR count). The lowest BCUT2D eigenvalue weighted by Gasteiger charge is -2.18. The Kier molecular flexibility index (Phi) is 4.27. The van der Waals surface area contributed by atoms with Crippen molar-refractivity contribution in [3.05, 3.63) is 46.0 Å². The van der Waals surface area contributed by atoms with Crippen LogP contribution in [0, 0.1) is 0 Å². The van der Waals surface area contributed by atoms with Gasteiger partial charge < -0.3 is 10.6 Å². The maximum absolute atomic E-state index is 5.88. The number of benzene rings is 1. The fourth-order valence-electron chi connectivity index (χ4n) is 2.94. The molecule has 2 aromatic rings. The van der Waals surface area contributed by atoms with Crippen LogP contribution in [-0.4, -0.2) is 18.1 Å². The van der Waals surface area contributed by atoms with Gasteiger partial charge in [-0.3, -0.25) is 0 Å². The van der Waals surface area contributed by atoms with E-state index in [1.807, 2.05) is 0 Å². The molecule has 0 saturated heterocycles. The van der Waals surface area contributed by atoms with Gasteiger partial charge in [0, 0.05) is 24.5 Å². The molecule has 21 heavy (non-hydrogen) atoms. The van der Waals surface area contributed by atoms with E-state index in [0.717, 1.165) is 31.1 Å². The Balaban J connectivity index is 1.83. The van der Waals surface area contributed by atoms with Gasteiger partial charge in [0.25, 0.3) is 0 Å². The van der Waals surface area contributed by atoms with Gasteiger partial charge in [-0.15, -0.1) is 11.3 Å². The van der Waals surface area contributed by atoms with Gasteiger partial charge in [0.15, 0.2) is 5.13 Å². The summed E-state index contributed by atoms with van der Waals surface area (Å²) in [6.45, 7) is 7.07. The van der Waals surface area contributed by atoms with Crippen molar-refractivity contribution in [3.8, 4) is 0 Å². The zero-order valence-corrected chi connectivity index (χ0v) is 13.6. The van der Waals surface area contributed by atoms with Gasteiger partial charge in [-0.05, 0) is 29.9 Å².